The van der Waals surface area contributed by atoms with Crippen LogP contribution in [-0.4, -0.2) is 63.1 Å². The third kappa shape index (κ3) is 6.51. The van der Waals surface area contributed by atoms with Crippen LogP contribution in [0.5, 0.6) is 17.4 Å². The normalized spacial score (nSPS) is 20.9. The van der Waals surface area contributed by atoms with Gasteiger partial charge in [0.25, 0.3) is 0 Å². The first-order valence-electron chi connectivity index (χ1n) is 11.9. The predicted molar refractivity (Wildman–Crippen MR) is 136 cm³/mol. The van der Waals surface area contributed by atoms with Crippen LogP contribution in [0.15, 0.2) is 30.6 Å². The van der Waals surface area contributed by atoms with E-state index in [0.717, 1.165) is 0 Å². The van der Waals surface area contributed by atoms with E-state index >= 15 is 0 Å². The van der Waals surface area contributed by atoms with Gasteiger partial charge in [0.05, 0.1) is 32.3 Å². The highest BCUT2D eigenvalue weighted by molar-refractivity contribution is 7.52. The Hall–Kier alpha value is -3.45. The molecule has 1 saturated heterocycles. The molecule has 1 fully saturated rings. The Kier molecular flexibility index (Phi) is 8.36. The third-order valence-corrected chi connectivity index (χ3v) is 7.07. The average molecular weight is 551 g/mol. The number of aromatic hydroxyl groups is 1. The smallest absolute Gasteiger partial charge is 0.459 e. The van der Waals surface area contributed by atoms with Crippen molar-refractivity contribution in [2.24, 2.45) is 5.92 Å². The van der Waals surface area contributed by atoms with Crippen LogP contribution in [0.3, 0.4) is 0 Å². The summed E-state index contributed by atoms with van der Waals surface area (Å²) in [7, 11) is -2.61. The van der Waals surface area contributed by atoms with E-state index in [1.165, 1.54) is 31.4 Å². The Bertz CT molecular complexity index is 1330. The van der Waals surface area contributed by atoms with Crippen LogP contribution in [0.25, 0.3) is 11.2 Å². The lowest BCUT2D eigenvalue weighted by Gasteiger charge is -2.22. The monoisotopic (exact) mass is 550 g/mol. The Balaban J connectivity index is 1.47. The number of benzene rings is 1. The number of hydrogen-bond donors (Lipinski definition) is 3. The summed E-state index contributed by atoms with van der Waals surface area (Å²) in [5.41, 5.74) is 6.73. The number of fused-ring (bicyclic) bond motifs is 1. The largest absolute Gasteiger partial charge is 0.508 e. The van der Waals surface area contributed by atoms with Crippen LogP contribution < -0.4 is 20.1 Å². The second-order valence-electron chi connectivity index (χ2n) is 9.03. The molecule has 4 rings (SSSR count). The first-order chi connectivity index (χ1) is 18.1. The van der Waals surface area contributed by atoms with E-state index in [2.05, 4.69) is 20.0 Å². The molecule has 14 nitrogen and oxygen atoms in total. The number of ether oxygens (including phenoxy) is 3. The Morgan fingerprint density at radius 1 is 1.37 bits per heavy atom. The molecule has 38 heavy (non-hydrogen) atoms. The first kappa shape index (κ1) is 27.6. The van der Waals surface area contributed by atoms with Crippen LogP contribution >= 0.6 is 7.75 Å². The molecule has 0 saturated carbocycles. The number of phenolic OH excluding ortho intramolecular Hbond substituents is 1. The number of nitrogens with two attached hydrogens (primary N) is 1. The zero-order chi connectivity index (χ0) is 27.4. The van der Waals surface area contributed by atoms with E-state index in [4.69, 9.17) is 29.0 Å². The van der Waals surface area contributed by atoms with Crippen LogP contribution in [0, 0.1) is 5.92 Å². The minimum absolute atomic E-state index is 0.00328. The van der Waals surface area contributed by atoms with E-state index in [1.807, 2.05) is 6.92 Å². The summed E-state index contributed by atoms with van der Waals surface area (Å²) in [6, 6.07) is 5.74. The highest BCUT2D eigenvalue weighted by Gasteiger charge is 2.37. The van der Waals surface area contributed by atoms with Crippen LogP contribution in [0.1, 0.15) is 33.4 Å². The molecule has 3 heterocycles. The van der Waals surface area contributed by atoms with Gasteiger partial charge in [-0.15, -0.1) is 0 Å². The van der Waals surface area contributed by atoms with E-state index in [1.54, 1.807) is 24.7 Å². The van der Waals surface area contributed by atoms with Crippen molar-refractivity contribution >= 4 is 30.8 Å². The second kappa shape index (κ2) is 11.5. The molecule has 206 valence electrons. The standard InChI is InChI=1S/C23H31N6O8P/c1-13(2)35-18(31)10-26-38(32,37-16-7-5-6-15(30)9-16)34-11-17-8-14(3)22(36-17)29-12-25-19-20(29)27-23(24)28-21(19)33-4/h5-7,9,12-14,17,22,30H,8,10-11H2,1-4H3,(H,26,32)(H2,24,27,28)/t14-,17-,22+,38?/m0/s1. The fourth-order valence-corrected chi connectivity index (χ4v) is 5.32. The highest BCUT2D eigenvalue weighted by atomic mass is 31.2. The Labute approximate surface area is 219 Å². The molecule has 1 unspecified atom stereocenters. The van der Waals surface area contributed by atoms with Gasteiger partial charge in [0, 0.05) is 12.0 Å². The number of carbonyl (C=O) groups excluding carboxylic acids is 1. The highest BCUT2D eigenvalue weighted by Crippen LogP contribution is 2.46. The predicted octanol–water partition coefficient (Wildman–Crippen LogP) is 2.79. The van der Waals surface area contributed by atoms with Gasteiger partial charge in [0.15, 0.2) is 11.2 Å². The van der Waals surface area contributed by atoms with Crippen molar-refractivity contribution in [2.75, 3.05) is 26.0 Å². The van der Waals surface area contributed by atoms with Crippen molar-refractivity contribution in [3.8, 4) is 17.4 Å². The number of nitrogen functional groups attached to an aromatic ring is 1. The van der Waals surface area contributed by atoms with Crippen molar-refractivity contribution in [3.63, 3.8) is 0 Å². The SMILES string of the molecule is COc1nc(N)nc2c1ncn2[C@@H]1O[C@H](COP(=O)(NCC(=O)OC(C)C)Oc2cccc(O)c2)C[C@@H]1C. The van der Waals surface area contributed by atoms with Crippen molar-refractivity contribution in [1.29, 1.82) is 0 Å². The number of anilines is 1. The van der Waals surface area contributed by atoms with Gasteiger partial charge in [0.2, 0.25) is 11.8 Å². The molecule has 15 heteroatoms. The lowest BCUT2D eigenvalue weighted by atomic mass is 10.1. The number of nitrogens with one attached hydrogen (secondary N) is 1. The van der Waals surface area contributed by atoms with Gasteiger partial charge in [-0.2, -0.15) is 9.97 Å². The van der Waals surface area contributed by atoms with Crippen LogP contribution in [0.2, 0.25) is 0 Å². The zero-order valence-electron chi connectivity index (χ0n) is 21.4. The lowest BCUT2D eigenvalue weighted by molar-refractivity contribution is -0.145. The van der Waals surface area contributed by atoms with Gasteiger partial charge in [-0.3, -0.25) is 13.9 Å². The molecule has 0 spiro atoms. The fourth-order valence-electron chi connectivity index (χ4n) is 4.03. The molecule has 0 radical (unpaired) electrons. The van der Waals surface area contributed by atoms with Crippen molar-refractivity contribution in [1.82, 2.24) is 24.6 Å². The Morgan fingerprint density at radius 3 is 2.87 bits per heavy atom. The summed E-state index contributed by atoms with van der Waals surface area (Å²) in [5, 5.41) is 12.3. The molecule has 1 aliphatic rings. The van der Waals surface area contributed by atoms with Gasteiger partial charge in [0.1, 0.15) is 24.3 Å². The molecule has 2 aromatic heterocycles. The summed E-state index contributed by atoms with van der Waals surface area (Å²) in [6.07, 6.45) is 0.848. The van der Waals surface area contributed by atoms with Crippen LogP contribution in [-0.2, 0) is 23.4 Å². The number of aromatic nitrogens is 4. The maximum Gasteiger partial charge on any atom is 0.459 e. The summed E-state index contributed by atoms with van der Waals surface area (Å²) in [6.45, 7) is 4.86. The molecule has 0 bridgehead atoms. The van der Waals surface area contributed by atoms with E-state index < -0.39 is 32.6 Å². The van der Waals surface area contributed by atoms with E-state index in [9.17, 15) is 14.5 Å². The summed E-state index contributed by atoms with van der Waals surface area (Å²) >= 11 is 0. The quantitative estimate of drug-likeness (QED) is 0.234. The topological polar surface area (TPSA) is 182 Å². The van der Waals surface area contributed by atoms with Crippen molar-refractivity contribution < 1.29 is 37.7 Å². The molecule has 0 amide bonds. The van der Waals surface area contributed by atoms with Crippen molar-refractivity contribution in [2.45, 2.75) is 45.6 Å². The second-order valence-corrected chi connectivity index (χ2v) is 10.8. The number of carbonyl (C=O) groups is 1. The molecular formula is C23H31N6O8P. The summed E-state index contributed by atoms with van der Waals surface area (Å²) in [4.78, 5) is 24.7. The number of hydrogen-bond acceptors (Lipinski definition) is 12. The molecule has 3 aromatic rings. The molecule has 4 N–H and O–H groups in total. The minimum Gasteiger partial charge on any atom is -0.508 e. The van der Waals surface area contributed by atoms with Gasteiger partial charge >= 0.3 is 13.7 Å². The minimum atomic E-state index is -4.08. The van der Waals surface area contributed by atoms with E-state index in [0.29, 0.717) is 17.6 Å². The number of esters is 1. The number of rotatable bonds is 11. The van der Waals surface area contributed by atoms with Gasteiger partial charge in [-0.25, -0.2) is 14.6 Å². The lowest BCUT2D eigenvalue weighted by Crippen LogP contribution is -2.28. The van der Waals surface area contributed by atoms with E-state index in [-0.39, 0.29) is 42.0 Å². The van der Waals surface area contributed by atoms with Gasteiger partial charge in [-0.05, 0) is 32.4 Å². The molecule has 4 atom stereocenters. The summed E-state index contributed by atoms with van der Waals surface area (Å²) in [5.74, 6) is -0.329. The number of imidazole rings is 1. The summed E-state index contributed by atoms with van der Waals surface area (Å²) < 4.78 is 43.1. The number of phenols is 1. The fraction of sp³-hybridized carbons (Fsp3) is 0.478. The third-order valence-electron chi connectivity index (χ3n) is 5.59. The zero-order valence-corrected chi connectivity index (χ0v) is 22.3. The van der Waals surface area contributed by atoms with Gasteiger partial charge in [-0.1, -0.05) is 13.0 Å². The number of nitrogens with zero attached hydrogens (tertiary/aromatic N) is 4. The molecule has 1 aliphatic heterocycles. The first-order valence-corrected chi connectivity index (χ1v) is 13.5. The maximum atomic E-state index is 13.6. The molecular weight excluding hydrogens is 519 g/mol. The Morgan fingerprint density at radius 2 is 2.16 bits per heavy atom. The van der Waals surface area contributed by atoms with Crippen LogP contribution in [0.4, 0.5) is 5.95 Å². The average Bonchev–Trinajstić information content (AvgIpc) is 3.43. The van der Waals surface area contributed by atoms with Gasteiger partial charge < -0.3 is 29.6 Å². The molecule has 0 aliphatic carbocycles. The number of methoxy groups -OCH3 is 1. The van der Waals surface area contributed by atoms with Crippen molar-refractivity contribution in [3.05, 3.63) is 30.6 Å². The molecule has 1 aromatic carbocycles. The maximum absolute atomic E-state index is 13.6.